The molecule has 0 fully saturated rings. The number of carbonyl (C=O) groups excluding carboxylic acids is 1. The average Bonchev–Trinajstić information content (AvgIpc) is 3.21. The number of H-pyrrole nitrogens is 1. The summed E-state index contributed by atoms with van der Waals surface area (Å²) in [5.41, 5.74) is 4.52. The molecule has 5 heteroatoms. The number of aryl methyl sites for hydroxylation is 1. The highest BCUT2D eigenvalue weighted by Gasteiger charge is 2.34. The number of hydrogen-bond donors (Lipinski definition) is 1. The summed E-state index contributed by atoms with van der Waals surface area (Å²) in [6.07, 6.45) is -1.48. The van der Waals surface area contributed by atoms with E-state index in [1.807, 2.05) is 24.3 Å². The third kappa shape index (κ3) is 4.20. The zero-order valence-electron chi connectivity index (χ0n) is 18.0. The highest BCUT2D eigenvalue weighted by atomic mass is 19.4. The molecular weight excluding hydrogens is 423 g/mol. The summed E-state index contributed by atoms with van der Waals surface area (Å²) in [5, 5.41) is 1.26. The molecule has 33 heavy (non-hydrogen) atoms. The van der Waals surface area contributed by atoms with Gasteiger partial charge in [-0.2, -0.15) is 13.2 Å². The maximum Gasteiger partial charge on any atom is 0.416 e. The Labute approximate surface area is 190 Å². The van der Waals surface area contributed by atoms with E-state index in [9.17, 15) is 18.0 Å². The van der Waals surface area contributed by atoms with Gasteiger partial charge in [0.25, 0.3) is 0 Å². The molecule has 0 aliphatic heterocycles. The lowest BCUT2D eigenvalue weighted by Crippen LogP contribution is -2.22. The van der Waals surface area contributed by atoms with Crippen LogP contribution in [-0.4, -0.2) is 10.8 Å². The van der Waals surface area contributed by atoms with Gasteiger partial charge in [0.05, 0.1) is 5.56 Å². The summed E-state index contributed by atoms with van der Waals surface area (Å²) < 4.78 is 38.5. The SMILES string of the molecule is O=C(CCC1CCc2c([nH]c3ccccc23)C1c1ccccc1)c1ccc(C(F)(F)F)cc1. The van der Waals surface area contributed by atoms with Gasteiger partial charge in [0.15, 0.2) is 5.78 Å². The second-order valence-corrected chi connectivity index (χ2v) is 8.79. The Morgan fingerprint density at radius 1 is 0.909 bits per heavy atom. The Bertz CT molecular complexity index is 1270. The van der Waals surface area contributed by atoms with E-state index in [4.69, 9.17) is 0 Å². The number of alkyl halides is 3. The third-order valence-corrected chi connectivity index (χ3v) is 6.83. The zero-order valence-corrected chi connectivity index (χ0v) is 18.0. The first-order chi connectivity index (χ1) is 15.9. The maximum atomic E-state index is 12.8. The Morgan fingerprint density at radius 3 is 2.33 bits per heavy atom. The number of hydrogen-bond acceptors (Lipinski definition) is 1. The molecule has 0 bridgehead atoms. The van der Waals surface area contributed by atoms with Gasteiger partial charge in [0, 0.05) is 34.5 Å². The molecule has 1 heterocycles. The average molecular weight is 448 g/mol. The lowest BCUT2D eigenvalue weighted by Gasteiger charge is -2.32. The van der Waals surface area contributed by atoms with E-state index in [0.29, 0.717) is 18.4 Å². The summed E-state index contributed by atoms with van der Waals surface area (Å²) in [4.78, 5) is 16.4. The number of para-hydroxylation sites is 1. The van der Waals surface area contributed by atoms with Crippen molar-refractivity contribution in [2.75, 3.05) is 0 Å². The van der Waals surface area contributed by atoms with Gasteiger partial charge in [-0.15, -0.1) is 0 Å². The standard InChI is InChI=1S/C28H24F3NO/c29-28(30,31)21-14-10-18(11-15-21)25(33)17-13-20-12-16-23-22-8-4-5-9-24(22)32-27(23)26(20)19-6-2-1-3-7-19/h1-11,14-15,20,26,32H,12-13,16-17H2. The molecule has 0 saturated heterocycles. The lowest BCUT2D eigenvalue weighted by molar-refractivity contribution is -0.137. The van der Waals surface area contributed by atoms with Crippen LogP contribution in [0, 0.1) is 5.92 Å². The smallest absolute Gasteiger partial charge is 0.358 e. The van der Waals surface area contributed by atoms with E-state index in [0.717, 1.165) is 30.5 Å². The van der Waals surface area contributed by atoms with E-state index < -0.39 is 11.7 Å². The Kier molecular flexibility index (Phi) is 5.57. The fourth-order valence-electron chi connectivity index (χ4n) is 5.20. The van der Waals surface area contributed by atoms with Gasteiger partial charge in [0.2, 0.25) is 0 Å². The summed E-state index contributed by atoms with van der Waals surface area (Å²) in [6.45, 7) is 0. The largest absolute Gasteiger partial charge is 0.416 e. The van der Waals surface area contributed by atoms with Crippen molar-refractivity contribution in [3.8, 4) is 0 Å². The molecule has 5 rings (SSSR count). The number of fused-ring (bicyclic) bond motifs is 3. The number of nitrogens with one attached hydrogen (secondary N) is 1. The molecule has 168 valence electrons. The third-order valence-electron chi connectivity index (χ3n) is 6.83. The Morgan fingerprint density at radius 2 is 1.61 bits per heavy atom. The molecule has 0 spiro atoms. The van der Waals surface area contributed by atoms with E-state index in [1.165, 1.54) is 34.3 Å². The van der Waals surface area contributed by atoms with Crippen LogP contribution in [0.2, 0.25) is 0 Å². The van der Waals surface area contributed by atoms with Crippen LogP contribution in [0.4, 0.5) is 13.2 Å². The van der Waals surface area contributed by atoms with Crippen LogP contribution in [0.1, 0.15) is 57.9 Å². The molecule has 2 nitrogen and oxygen atoms in total. The van der Waals surface area contributed by atoms with Crippen LogP contribution in [0.15, 0.2) is 78.9 Å². The van der Waals surface area contributed by atoms with Crippen LogP contribution < -0.4 is 0 Å². The predicted octanol–water partition coefficient (Wildman–Crippen LogP) is 7.54. The molecule has 2 unspecified atom stereocenters. The minimum Gasteiger partial charge on any atom is -0.358 e. The first-order valence-corrected chi connectivity index (χ1v) is 11.3. The number of ketones is 1. The van der Waals surface area contributed by atoms with Gasteiger partial charge in [0.1, 0.15) is 0 Å². The second-order valence-electron chi connectivity index (χ2n) is 8.79. The minimum absolute atomic E-state index is 0.113. The second kappa shape index (κ2) is 8.54. The van der Waals surface area contributed by atoms with Crippen LogP contribution in [0.25, 0.3) is 10.9 Å². The van der Waals surface area contributed by atoms with Crippen molar-refractivity contribution in [3.63, 3.8) is 0 Å². The van der Waals surface area contributed by atoms with Crippen molar-refractivity contribution in [1.29, 1.82) is 0 Å². The predicted molar refractivity (Wildman–Crippen MR) is 123 cm³/mol. The van der Waals surface area contributed by atoms with Crippen molar-refractivity contribution in [3.05, 3.63) is 107 Å². The molecule has 1 aliphatic carbocycles. The fraction of sp³-hybridized carbons (Fsp3) is 0.250. The maximum absolute atomic E-state index is 12.8. The van der Waals surface area contributed by atoms with E-state index in [1.54, 1.807) is 0 Å². The van der Waals surface area contributed by atoms with Crippen LogP contribution in [-0.2, 0) is 12.6 Å². The summed E-state index contributed by atoms with van der Waals surface area (Å²) >= 11 is 0. The highest BCUT2D eigenvalue weighted by molar-refractivity contribution is 5.96. The van der Waals surface area contributed by atoms with Crippen LogP contribution in [0.5, 0.6) is 0 Å². The molecule has 0 saturated carbocycles. The number of aromatic nitrogens is 1. The highest BCUT2D eigenvalue weighted by Crippen LogP contribution is 2.45. The molecule has 3 aromatic carbocycles. The van der Waals surface area contributed by atoms with Crippen molar-refractivity contribution in [2.24, 2.45) is 5.92 Å². The molecule has 0 amide bonds. The molecule has 4 aromatic rings. The molecule has 1 N–H and O–H groups in total. The van der Waals surface area contributed by atoms with Gasteiger partial charge < -0.3 is 4.98 Å². The number of aromatic amines is 1. The topological polar surface area (TPSA) is 32.9 Å². The van der Waals surface area contributed by atoms with Gasteiger partial charge in [-0.3, -0.25) is 4.79 Å². The molecule has 1 aromatic heterocycles. The summed E-state index contributed by atoms with van der Waals surface area (Å²) in [7, 11) is 0. The Balaban J connectivity index is 1.40. The number of benzene rings is 3. The van der Waals surface area contributed by atoms with Crippen molar-refractivity contribution >= 4 is 16.7 Å². The quantitative estimate of drug-likeness (QED) is 0.315. The van der Waals surface area contributed by atoms with E-state index in [-0.39, 0.29) is 17.6 Å². The van der Waals surface area contributed by atoms with Gasteiger partial charge in [-0.25, -0.2) is 0 Å². The number of halogens is 3. The monoisotopic (exact) mass is 447 g/mol. The van der Waals surface area contributed by atoms with E-state index >= 15 is 0 Å². The van der Waals surface area contributed by atoms with Crippen molar-refractivity contribution < 1.29 is 18.0 Å². The normalized spacial score (nSPS) is 18.3. The number of Topliss-reactive ketones (excluding diaryl/α,β-unsaturated/α-hetero) is 1. The number of rotatable bonds is 5. The zero-order chi connectivity index (χ0) is 23.0. The first kappa shape index (κ1) is 21.5. The molecule has 1 aliphatic rings. The minimum atomic E-state index is -4.40. The summed E-state index contributed by atoms with van der Waals surface area (Å²) in [6, 6.07) is 23.2. The van der Waals surface area contributed by atoms with Crippen molar-refractivity contribution in [1.82, 2.24) is 4.98 Å². The van der Waals surface area contributed by atoms with E-state index in [2.05, 4.69) is 35.3 Å². The fourth-order valence-corrected chi connectivity index (χ4v) is 5.20. The number of carbonyl (C=O) groups is 1. The summed E-state index contributed by atoms with van der Waals surface area (Å²) in [5.74, 6) is 0.312. The van der Waals surface area contributed by atoms with Gasteiger partial charge in [-0.1, -0.05) is 60.7 Å². The van der Waals surface area contributed by atoms with Gasteiger partial charge in [-0.05, 0) is 54.5 Å². The van der Waals surface area contributed by atoms with Crippen LogP contribution >= 0.6 is 0 Å². The molecule has 0 radical (unpaired) electrons. The molecule has 2 atom stereocenters. The molecular formula is C28H24F3NO. The lowest BCUT2D eigenvalue weighted by atomic mass is 9.72. The van der Waals surface area contributed by atoms with Crippen LogP contribution in [0.3, 0.4) is 0 Å². The Hall–Kier alpha value is -3.34. The first-order valence-electron chi connectivity index (χ1n) is 11.3. The van der Waals surface area contributed by atoms with Crippen molar-refractivity contribution in [2.45, 2.75) is 37.8 Å². The van der Waals surface area contributed by atoms with Gasteiger partial charge >= 0.3 is 6.18 Å².